The van der Waals surface area contributed by atoms with Gasteiger partial charge in [-0.3, -0.25) is 4.98 Å². The number of furan rings is 2. The lowest BCUT2D eigenvalue weighted by Crippen LogP contribution is -2.29. The molecule has 8 rings (SSSR count). The van der Waals surface area contributed by atoms with Crippen LogP contribution in [0.5, 0.6) is 0 Å². The van der Waals surface area contributed by atoms with Crippen LogP contribution in [0.4, 0.5) is 0 Å². The van der Waals surface area contributed by atoms with E-state index in [4.69, 9.17) is 18.9 Å². The summed E-state index contributed by atoms with van der Waals surface area (Å²) in [5.41, 5.74) is 8.31. The number of pyridine rings is 2. The van der Waals surface area contributed by atoms with E-state index in [1.54, 1.807) is 24.4 Å². The van der Waals surface area contributed by atoms with Crippen LogP contribution in [0.3, 0.4) is 0 Å². The highest BCUT2D eigenvalue weighted by atomic mass is 79.9. The average Bonchev–Trinajstić information content (AvgIpc) is 3.62. The molecule has 4 aromatic carbocycles. The molecular weight excluding hydrogens is 775 g/mol. The van der Waals surface area contributed by atoms with Gasteiger partial charge in [0.1, 0.15) is 26.9 Å². The first-order chi connectivity index (χ1) is 22.2. The molecule has 4 aromatic heterocycles. The van der Waals surface area contributed by atoms with Gasteiger partial charge in [-0.1, -0.05) is 48.5 Å². The van der Waals surface area contributed by atoms with Gasteiger partial charge in [0.2, 0.25) is 0 Å². The minimum atomic E-state index is -1.45. The predicted octanol–water partition coefficient (Wildman–Crippen LogP) is 9.90. The second-order valence-corrected chi connectivity index (χ2v) is 13.1. The summed E-state index contributed by atoms with van der Waals surface area (Å²) in [6.45, 7) is 4.09. The number of halogens is 3. The molecule has 10 heteroatoms. The summed E-state index contributed by atoms with van der Waals surface area (Å²) in [6, 6.07) is 31.2. The molecule has 0 atom stereocenters. The van der Waals surface area contributed by atoms with Crippen molar-refractivity contribution in [2.45, 2.75) is 13.8 Å². The molecule has 0 saturated carbocycles. The predicted molar refractivity (Wildman–Crippen MR) is 197 cm³/mol. The number of hydrogen-bond donors (Lipinski definition) is 2. The number of aromatic nitrogens is 2. The molecule has 0 aliphatic carbocycles. The topological polar surface area (TPSA) is 92.5 Å². The maximum Gasteiger partial charge on any atom is 0.488 e. The van der Waals surface area contributed by atoms with Gasteiger partial charge >= 0.3 is 7.12 Å². The monoisotopic (exact) mass is 798 g/mol. The van der Waals surface area contributed by atoms with Crippen LogP contribution in [-0.4, -0.2) is 27.1 Å². The maximum atomic E-state index is 9.12. The number of benzene rings is 4. The van der Waals surface area contributed by atoms with Gasteiger partial charge in [-0.05, 0) is 127 Å². The fraction of sp³-hybridized carbons (Fsp3) is 0.0556. The molecule has 0 aliphatic rings. The fourth-order valence-electron chi connectivity index (χ4n) is 4.99. The van der Waals surface area contributed by atoms with Crippen molar-refractivity contribution in [2.24, 2.45) is 0 Å². The van der Waals surface area contributed by atoms with Gasteiger partial charge in [0, 0.05) is 48.4 Å². The van der Waals surface area contributed by atoms with E-state index >= 15 is 0 Å². The number of hydrogen-bond acceptors (Lipinski definition) is 6. The summed E-state index contributed by atoms with van der Waals surface area (Å²) in [5, 5.41) is 22.4. The lowest BCUT2D eigenvalue weighted by molar-refractivity contribution is 0.426. The van der Waals surface area contributed by atoms with E-state index in [2.05, 4.69) is 88.9 Å². The molecular formula is C36H26BBr3N2O4. The minimum Gasteiger partial charge on any atom is -0.456 e. The molecule has 6 nitrogen and oxygen atoms in total. The highest BCUT2D eigenvalue weighted by molar-refractivity contribution is 9.11. The Morgan fingerprint density at radius 1 is 0.565 bits per heavy atom. The van der Waals surface area contributed by atoms with Crippen LogP contribution in [0.25, 0.3) is 55.1 Å². The van der Waals surface area contributed by atoms with Crippen LogP contribution >= 0.6 is 47.8 Å². The van der Waals surface area contributed by atoms with E-state index in [9.17, 15) is 0 Å². The molecule has 0 bridgehead atoms. The Labute approximate surface area is 290 Å². The zero-order valence-electron chi connectivity index (χ0n) is 24.7. The third-order valence-corrected chi connectivity index (χ3v) is 9.53. The second-order valence-electron chi connectivity index (χ2n) is 10.6. The highest BCUT2D eigenvalue weighted by Crippen LogP contribution is 2.32. The summed E-state index contributed by atoms with van der Waals surface area (Å²) in [5.74, 6) is 0. The van der Waals surface area contributed by atoms with Crippen LogP contribution in [0, 0.1) is 13.8 Å². The van der Waals surface area contributed by atoms with Gasteiger partial charge in [-0.15, -0.1) is 0 Å². The number of fused-ring (bicyclic) bond motifs is 6. The molecule has 0 aliphatic heterocycles. The lowest BCUT2D eigenvalue weighted by Gasteiger charge is -2.04. The van der Waals surface area contributed by atoms with Gasteiger partial charge in [0.15, 0.2) is 0 Å². The van der Waals surface area contributed by atoms with Crippen molar-refractivity contribution in [1.82, 2.24) is 9.97 Å². The molecule has 2 N–H and O–H groups in total. The summed E-state index contributed by atoms with van der Waals surface area (Å²) < 4.78 is 14.4. The fourth-order valence-corrected chi connectivity index (χ4v) is 5.87. The van der Waals surface area contributed by atoms with Crippen LogP contribution in [0.1, 0.15) is 11.1 Å². The van der Waals surface area contributed by atoms with Gasteiger partial charge in [0.05, 0.1) is 5.69 Å². The third-order valence-electron chi connectivity index (χ3n) is 7.43. The van der Waals surface area contributed by atoms with Crippen molar-refractivity contribution < 1.29 is 18.9 Å². The van der Waals surface area contributed by atoms with Crippen molar-refractivity contribution in [3.63, 3.8) is 0 Å². The Balaban J connectivity index is 0.000000131. The van der Waals surface area contributed by atoms with Gasteiger partial charge in [-0.2, -0.15) is 0 Å². The summed E-state index contributed by atoms with van der Waals surface area (Å²) in [7, 11) is -1.45. The molecule has 0 radical (unpaired) electrons. The van der Waals surface area contributed by atoms with E-state index in [1.165, 1.54) is 11.1 Å². The first kappa shape index (κ1) is 32.2. The van der Waals surface area contributed by atoms with Gasteiger partial charge in [0.25, 0.3) is 0 Å². The zero-order chi connectivity index (χ0) is 32.4. The van der Waals surface area contributed by atoms with E-state index < -0.39 is 7.12 Å². The molecule has 0 saturated heterocycles. The van der Waals surface area contributed by atoms with Crippen molar-refractivity contribution in [2.75, 3.05) is 0 Å². The number of aryl methyl sites for hydroxylation is 2. The minimum absolute atomic E-state index is 0.471. The SMILES string of the molecule is Cc1cc(-c2ccc3oc4ccccc4c3c2)ncc1Br.Cc1cc(Br)ncc1Br.OB(O)c1ccc2oc3ccccc3c2c1. The van der Waals surface area contributed by atoms with Gasteiger partial charge < -0.3 is 18.9 Å². The molecule has 46 heavy (non-hydrogen) atoms. The molecule has 0 fully saturated rings. The van der Waals surface area contributed by atoms with Crippen molar-refractivity contribution in [3.05, 3.63) is 134 Å². The molecule has 228 valence electrons. The molecule has 8 aromatic rings. The lowest BCUT2D eigenvalue weighted by atomic mass is 9.80. The van der Waals surface area contributed by atoms with E-state index in [1.807, 2.05) is 67.7 Å². The summed E-state index contributed by atoms with van der Waals surface area (Å²) in [4.78, 5) is 8.51. The molecule has 4 heterocycles. The first-order valence-electron chi connectivity index (χ1n) is 14.3. The Kier molecular flexibility index (Phi) is 9.72. The third kappa shape index (κ3) is 6.96. The number of rotatable bonds is 2. The maximum absolute atomic E-state index is 9.12. The van der Waals surface area contributed by atoms with Gasteiger partial charge in [-0.25, -0.2) is 4.98 Å². The zero-order valence-corrected chi connectivity index (χ0v) is 29.5. The second kappa shape index (κ2) is 13.9. The number of para-hydroxylation sites is 2. The largest absolute Gasteiger partial charge is 0.488 e. The van der Waals surface area contributed by atoms with Crippen molar-refractivity contribution >= 4 is 104 Å². The Morgan fingerprint density at radius 3 is 1.65 bits per heavy atom. The highest BCUT2D eigenvalue weighted by Gasteiger charge is 2.14. The Bertz CT molecular complexity index is 2330. The molecule has 0 unspecified atom stereocenters. The number of nitrogens with zero attached hydrogens (tertiary/aromatic N) is 2. The summed E-state index contributed by atoms with van der Waals surface area (Å²) in [6.07, 6.45) is 3.63. The average molecular weight is 801 g/mol. The van der Waals surface area contributed by atoms with E-state index in [0.29, 0.717) is 5.46 Å². The van der Waals surface area contributed by atoms with Crippen molar-refractivity contribution in [3.8, 4) is 11.3 Å². The van der Waals surface area contributed by atoms with Crippen molar-refractivity contribution in [1.29, 1.82) is 0 Å². The van der Waals surface area contributed by atoms with Crippen LogP contribution in [-0.2, 0) is 0 Å². The van der Waals surface area contributed by atoms with Crippen LogP contribution in [0.15, 0.2) is 132 Å². The van der Waals surface area contributed by atoms with Crippen LogP contribution < -0.4 is 5.46 Å². The van der Waals surface area contributed by atoms with E-state index in [0.717, 1.165) is 68.7 Å². The smallest absolute Gasteiger partial charge is 0.456 e. The Morgan fingerprint density at radius 2 is 1.09 bits per heavy atom. The normalized spacial score (nSPS) is 10.9. The molecule has 0 spiro atoms. The molecule has 0 amide bonds. The Hall–Kier alpha value is -3.80. The van der Waals surface area contributed by atoms with Crippen LogP contribution in [0.2, 0.25) is 0 Å². The quantitative estimate of drug-likeness (QED) is 0.134. The van der Waals surface area contributed by atoms with E-state index in [-0.39, 0.29) is 0 Å². The standard InChI is InChI=1S/C18H12BrNO.C12H9BO3.C6H5Br2N/c1-11-8-16(20-10-15(11)19)12-6-7-18-14(9-12)13-4-2-3-5-17(13)21-18;14-13(15)8-5-6-12-10(7-8)9-3-1-2-4-11(9)16-12;1-4-2-6(8)9-3-5(4)7/h2-10H,1H3;1-7,14-15H;2-3H,1H3. The summed E-state index contributed by atoms with van der Waals surface area (Å²) >= 11 is 10.1. The first-order valence-corrected chi connectivity index (χ1v) is 16.6.